The topological polar surface area (TPSA) is 47.6 Å². The molecule has 1 amide bonds. The molecule has 1 fully saturated rings. The van der Waals surface area contributed by atoms with Crippen molar-refractivity contribution < 1.29 is 14.3 Å². The lowest BCUT2D eigenvalue weighted by Gasteiger charge is -2.37. The molecule has 0 radical (unpaired) electrons. The summed E-state index contributed by atoms with van der Waals surface area (Å²) in [5, 5.41) is 4.18. The van der Waals surface area contributed by atoms with Gasteiger partial charge in [-0.05, 0) is 73.2 Å². The molecule has 1 aliphatic rings. The van der Waals surface area contributed by atoms with Gasteiger partial charge in [0.2, 0.25) is 5.91 Å². The van der Waals surface area contributed by atoms with Crippen LogP contribution in [0.15, 0.2) is 60.7 Å². The van der Waals surface area contributed by atoms with E-state index in [1.807, 2.05) is 62.4 Å². The van der Waals surface area contributed by atoms with E-state index in [0.717, 1.165) is 33.7 Å². The van der Waals surface area contributed by atoms with Gasteiger partial charge < -0.3 is 14.8 Å². The SMILES string of the molecule is Cc1cc(NC(=O)C2(c3ccc(Cl)cc3Cl)CCOCC2)cc(C)c1OCc1ccccc1. The highest BCUT2D eigenvalue weighted by Crippen LogP contribution is 2.41. The average Bonchev–Trinajstić information content (AvgIpc) is 2.79. The van der Waals surface area contributed by atoms with Crippen LogP contribution in [-0.4, -0.2) is 19.1 Å². The third-order valence-electron chi connectivity index (χ3n) is 6.17. The summed E-state index contributed by atoms with van der Waals surface area (Å²) in [5.41, 5.74) is 3.78. The fourth-order valence-electron chi connectivity index (χ4n) is 4.45. The Labute approximate surface area is 204 Å². The van der Waals surface area contributed by atoms with Crippen molar-refractivity contribution >= 4 is 34.8 Å². The van der Waals surface area contributed by atoms with Crippen LogP contribution in [0.1, 0.15) is 35.1 Å². The highest BCUT2D eigenvalue weighted by Gasteiger charge is 2.43. The highest BCUT2D eigenvalue weighted by molar-refractivity contribution is 6.35. The fourth-order valence-corrected chi connectivity index (χ4v) is 5.04. The van der Waals surface area contributed by atoms with Crippen LogP contribution in [0.4, 0.5) is 5.69 Å². The second-order valence-corrected chi connectivity index (χ2v) is 9.33. The molecule has 0 saturated carbocycles. The van der Waals surface area contributed by atoms with Crippen LogP contribution < -0.4 is 10.1 Å². The lowest BCUT2D eigenvalue weighted by Crippen LogP contribution is -2.45. The van der Waals surface area contributed by atoms with Gasteiger partial charge >= 0.3 is 0 Å². The van der Waals surface area contributed by atoms with Gasteiger partial charge in [0.25, 0.3) is 0 Å². The molecule has 1 aliphatic heterocycles. The number of rotatable bonds is 6. The Bertz CT molecular complexity index is 1120. The number of carbonyl (C=O) groups excluding carboxylic acids is 1. The van der Waals surface area contributed by atoms with Crippen LogP contribution >= 0.6 is 23.2 Å². The molecule has 0 aliphatic carbocycles. The van der Waals surface area contributed by atoms with Crippen molar-refractivity contribution in [1.82, 2.24) is 0 Å². The number of aryl methyl sites for hydroxylation is 2. The van der Waals surface area contributed by atoms with E-state index in [4.69, 9.17) is 32.7 Å². The van der Waals surface area contributed by atoms with Gasteiger partial charge in [0.15, 0.2) is 0 Å². The first kappa shape index (κ1) is 23.6. The maximum Gasteiger partial charge on any atom is 0.235 e. The summed E-state index contributed by atoms with van der Waals surface area (Å²) in [7, 11) is 0. The minimum Gasteiger partial charge on any atom is -0.488 e. The van der Waals surface area contributed by atoms with Crippen molar-refractivity contribution in [3.8, 4) is 5.75 Å². The largest absolute Gasteiger partial charge is 0.488 e. The maximum absolute atomic E-state index is 13.7. The highest BCUT2D eigenvalue weighted by atomic mass is 35.5. The maximum atomic E-state index is 13.7. The zero-order chi connectivity index (χ0) is 23.4. The van der Waals surface area contributed by atoms with E-state index < -0.39 is 5.41 Å². The summed E-state index contributed by atoms with van der Waals surface area (Å²) >= 11 is 12.6. The van der Waals surface area contributed by atoms with Gasteiger partial charge in [0.05, 0.1) is 5.41 Å². The normalized spacial score (nSPS) is 15.2. The number of benzene rings is 3. The molecule has 0 aromatic heterocycles. The summed E-state index contributed by atoms with van der Waals surface area (Å²) in [6.07, 6.45) is 1.10. The van der Waals surface area contributed by atoms with Crippen LogP contribution in [-0.2, 0) is 21.6 Å². The van der Waals surface area contributed by atoms with E-state index in [0.29, 0.717) is 42.7 Å². The van der Waals surface area contributed by atoms with Crippen molar-refractivity contribution in [2.75, 3.05) is 18.5 Å². The van der Waals surface area contributed by atoms with Gasteiger partial charge in [0.1, 0.15) is 12.4 Å². The molecule has 0 unspecified atom stereocenters. The lowest BCUT2D eigenvalue weighted by molar-refractivity contribution is -0.125. The van der Waals surface area contributed by atoms with Gasteiger partial charge in [0, 0.05) is 28.9 Å². The van der Waals surface area contributed by atoms with Gasteiger partial charge in [-0.1, -0.05) is 59.6 Å². The Morgan fingerprint density at radius 3 is 2.30 bits per heavy atom. The number of hydrogen-bond acceptors (Lipinski definition) is 3. The average molecular weight is 484 g/mol. The number of ether oxygens (including phenoxy) is 2. The number of hydrogen-bond donors (Lipinski definition) is 1. The summed E-state index contributed by atoms with van der Waals surface area (Å²) in [6, 6.07) is 19.3. The van der Waals surface area contributed by atoms with Gasteiger partial charge in [-0.2, -0.15) is 0 Å². The van der Waals surface area contributed by atoms with Crippen molar-refractivity contribution in [1.29, 1.82) is 0 Å². The first-order chi connectivity index (χ1) is 15.9. The van der Waals surface area contributed by atoms with Gasteiger partial charge in [-0.25, -0.2) is 0 Å². The van der Waals surface area contributed by atoms with E-state index in [1.54, 1.807) is 12.1 Å². The monoisotopic (exact) mass is 483 g/mol. The summed E-state index contributed by atoms with van der Waals surface area (Å²) in [6.45, 7) is 5.46. The van der Waals surface area contributed by atoms with Crippen LogP contribution in [0.5, 0.6) is 5.75 Å². The first-order valence-corrected chi connectivity index (χ1v) is 11.8. The Morgan fingerprint density at radius 1 is 1.00 bits per heavy atom. The van der Waals surface area contributed by atoms with Crippen molar-refractivity contribution in [2.24, 2.45) is 0 Å². The third kappa shape index (κ3) is 5.19. The van der Waals surface area contributed by atoms with Crippen molar-refractivity contribution in [2.45, 2.75) is 38.7 Å². The molecule has 172 valence electrons. The molecule has 0 spiro atoms. The molecule has 1 N–H and O–H groups in total. The molecule has 3 aromatic rings. The Balaban J connectivity index is 1.57. The minimum absolute atomic E-state index is 0.0909. The molecule has 4 rings (SSSR count). The molecule has 0 bridgehead atoms. The fraction of sp³-hybridized carbons (Fsp3) is 0.296. The predicted octanol–water partition coefficient (Wildman–Crippen LogP) is 6.88. The van der Waals surface area contributed by atoms with Crippen LogP contribution in [0, 0.1) is 13.8 Å². The Kier molecular flexibility index (Phi) is 7.28. The second-order valence-electron chi connectivity index (χ2n) is 8.49. The van der Waals surface area contributed by atoms with Crippen LogP contribution in [0.25, 0.3) is 0 Å². The first-order valence-electron chi connectivity index (χ1n) is 11.0. The number of amides is 1. The predicted molar refractivity (Wildman–Crippen MR) is 134 cm³/mol. The summed E-state index contributed by atoms with van der Waals surface area (Å²) in [4.78, 5) is 13.7. The summed E-state index contributed by atoms with van der Waals surface area (Å²) < 4.78 is 11.6. The van der Waals surface area contributed by atoms with Crippen molar-refractivity contribution in [3.05, 3.63) is 93.0 Å². The standard InChI is InChI=1S/C27H27Cl2NO3/c1-18-14-22(15-19(2)25(18)33-17-20-6-4-3-5-7-20)30-26(31)27(10-12-32-13-11-27)23-9-8-21(28)16-24(23)29/h3-9,14-16H,10-13,17H2,1-2H3,(H,30,31). The Morgan fingerprint density at radius 2 is 1.67 bits per heavy atom. The lowest BCUT2D eigenvalue weighted by atomic mass is 9.73. The number of carbonyl (C=O) groups is 1. The van der Waals surface area contributed by atoms with E-state index in [1.165, 1.54) is 0 Å². The molecule has 33 heavy (non-hydrogen) atoms. The Hall–Kier alpha value is -2.53. The third-order valence-corrected chi connectivity index (χ3v) is 6.72. The zero-order valence-electron chi connectivity index (χ0n) is 18.8. The van der Waals surface area contributed by atoms with Gasteiger partial charge in [-0.15, -0.1) is 0 Å². The smallest absolute Gasteiger partial charge is 0.235 e. The molecule has 0 atom stereocenters. The van der Waals surface area contributed by atoms with E-state index in [9.17, 15) is 4.79 Å². The number of nitrogens with one attached hydrogen (secondary N) is 1. The quantitative estimate of drug-likeness (QED) is 0.415. The number of anilines is 1. The molecule has 1 heterocycles. The van der Waals surface area contributed by atoms with Gasteiger partial charge in [-0.3, -0.25) is 4.79 Å². The van der Waals surface area contributed by atoms with Crippen LogP contribution in [0.3, 0.4) is 0 Å². The number of halogens is 2. The van der Waals surface area contributed by atoms with Crippen molar-refractivity contribution in [3.63, 3.8) is 0 Å². The molecular weight excluding hydrogens is 457 g/mol. The van der Waals surface area contributed by atoms with E-state index in [-0.39, 0.29) is 5.91 Å². The van der Waals surface area contributed by atoms with Crippen LogP contribution in [0.2, 0.25) is 10.0 Å². The summed E-state index contributed by atoms with van der Waals surface area (Å²) in [5.74, 6) is 0.741. The molecule has 3 aromatic carbocycles. The zero-order valence-corrected chi connectivity index (χ0v) is 20.3. The minimum atomic E-state index is -0.774. The van der Waals surface area contributed by atoms with E-state index >= 15 is 0 Å². The molecule has 1 saturated heterocycles. The molecule has 4 nitrogen and oxygen atoms in total. The molecule has 6 heteroatoms. The van der Waals surface area contributed by atoms with E-state index in [2.05, 4.69) is 5.32 Å². The second kappa shape index (κ2) is 10.2. The molecular formula is C27H27Cl2NO3.